The van der Waals surface area contributed by atoms with E-state index in [1.165, 1.54) is 0 Å². The van der Waals surface area contributed by atoms with Gasteiger partial charge in [0.1, 0.15) is 6.04 Å². The van der Waals surface area contributed by atoms with Crippen molar-refractivity contribution in [1.29, 1.82) is 0 Å². The minimum absolute atomic E-state index is 0.0905. The van der Waals surface area contributed by atoms with Crippen molar-refractivity contribution in [3.05, 3.63) is 0 Å². The number of carbonyl (C=O) groups is 1. The number of carboxylic acid groups (broad SMARTS) is 1. The summed E-state index contributed by atoms with van der Waals surface area (Å²) in [5.74, 6) is -0.776. The van der Waals surface area contributed by atoms with Gasteiger partial charge in [-0.25, -0.2) is 0 Å². The van der Waals surface area contributed by atoms with Crippen molar-refractivity contribution >= 4 is 14.3 Å². The van der Waals surface area contributed by atoms with Crippen LogP contribution in [0.2, 0.25) is 19.6 Å². The van der Waals surface area contributed by atoms with Gasteiger partial charge >= 0.3 is 5.97 Å². The maximum Gasteiger partial charge on any atom is 0.320 e. The third-order valence-electron chi connectivity index (χ3n) is 1.91. The summed E-state index contributed by atoms with van der Waals surface area (Å²) in [6.45, 7) is 7.00. The summed E-state index contributed by atoms with van der Waals surface area (Å²) in [4.78, 5) is 10.6. The molecule has 76 valence electrons. The first-order valence-electron chi connectivity index (χ1n) is 4.52. The van der Waals surface area contributed by atoms with Crippen LogP contribution in [0.3, 0.4) is 0 Å². The molecule has 0 aromatic heterocycles. The highest BCUT2D eigenvalue weighted by molar-refractivity contribution is 6.69. The van der Waals surface area contributed by atoms with Gasteiger partial charge in [-0.3, -0.25) is 4.79 Å². The van der Waals surface area contributed by atoms with Gasteiger partial charge in [0.15, 0.2) is 8.32 Å². The molecule has 1 aliphatic rings. The minimum Gasteiger partial charge on any atom is -0.480 e. The van der Waals surface area contributed by atoms with Crippen LogP contribution in [0.4, 0.5) is 0 Å². The zero-order valence-corrected chi connectivity index (χ0v) is 9.33. The molecule has 1 heterocycles. The Kier molecular flexibility index (Phi) is 3.10. The maximum atomic E-state index is 10.6. The fraction of sp³-hybridized carbons (Fsp3) is 0.875. The molecular formula is C8H17NO3Si. The number of aliphatic carboxylic acids is 1. The standard InChI is InChI=1S/C8H17NO3Si/c1-13(2,3)12-6-4-7(8(10)11)9-5-6/h6-7,9H,4-5H2,1-3H3,(H,10,11). The largest absolute Gasteiger partial charge is 0.480 e. The van der Waals surface area contributed by atoms with Crippen LogP contribution in [0.25, 0.3) is 0 Å². The van der Waals surface area contributed by atoms with Crippen molar-refractivity contribution in [2.45, 2.75) is 38.2 Å². The molecule has 2 atom stereocenters. The second-order valence-corrected chi connectivity index (χ2v) is 8.85. The van der Waals surface area contributed by atoms with Crippen molar-refractivity contribution in [2.24, 2.45) is 0 Å². The van der Waals surface area contributed by atoms with E-state index in [4.69, 9.17) is 9.53 Å². The highest BCUT2D eigenvalue weighted by Crippen LogP contribution is 2.15. The van der Waals surface area contributed by atoms with Crippen LogP contribution in [0.1, 0.15) is 6.42 Å². The maximum absolute atomic E-state index is 10.6. The van der Waals surface area contributed by atoms with Crippen molar-refractivity contribution in [2.75, 3.05) is 6.54 Å². The summed E-state index contributed by atoms with van der Waals surface area (Å²) in [7, 11) is -1.52. The van der Waals surface area contributed by atoms with Gasteiger partial charge in [0.25, 0.3) is 0 Å². The van der Waals surface area contributed by atoms with Crippen molar-refractivity contribution in [3.8, 4) is 0 Å². The van der Waals surface area contributed by atoms with Gasteiger partial charge in [-0.2, -0.15) is 0 Å². The molecule has 1 aliphatic heterocycles. The normalized spacial score (nSPS) is 29.2. The third kappa shape index (κ3) is 3.46. The SMILES string of the molecule is C[Si](C)(C)OC1CNC(C(=O)O)C1. The van der Waals surface area contributed by atoms with E-state index in [0.717, 1.165) is 0 Å². The van der Waals surface area contributed by atoms with E-state index in [0.29, 0.717) is 13.0 Å². The predicted molar refractivity (Wildman–Crippen MR) is 52.3 cm³/mol. The Morgan fingerprint density at radius 2 is 2.15 bits per heavy atom. The summed E-state index contributed by atoms with van der Waals surface area (Å²) in [6.07, 6.45) is 0.687. The Morgan fingerprint density at radius 1 is 1.54 bits per heavy atom. The Balaban J connectivity index is 2.38. The lowest BCUT2D eigenvalue weighted by Crippen LogP contribution is -2.33. The molecule has 0 aromatic carbocycles. The molecular weight excluding hydrogens is 186 g/mol. The molecule has 0 aliphatic carbocycles. The molecule has 1 saturated heterocycles. The molecule has 0 spiro atoms. The third-order valence-corrected chi connectivity index (χ3v) is 2.95. The molecule has 0 aromatic rings. The number of nitrogens with one attached hydrogen (secondary N) is 1. The lowest BCUT2D eigenvalue weighted by Gasteiger charge is -2.22. The zero-order valence-electron chi connectivity index (χ0n) is 8.33. The molecule has 2 unspecified atom stereocenters. The Hall–Kier alpha value is -0.393. The van der Waals surface area contributed by atoms with Gasteiger partial charge in [0.05, 0.1) is 6.10 Å². The van der Waals surface area contributed by atoms with E-state index in [1.54, 1.807) is 0 Å². The van der Waals surface area contributed by atoms with Crippen LogP contribution in [0.5, 0.6) is 0 Å². The highest BCUT2D eigenvalue weighted by Gasteiger charge is 2.32. The van der Waals surface area contributed by atoms with Gasteiger partial charge in [-0.15, -0.1) is 0 Å². The summed E-state index contributed by atoms with van der Waals surface area (Å²) in [5.41, 5.74) is 0. The number of hydrogen-bond acceptors (Lipinski definition) is 3. The van der Waals surface area contributed by atoms with E-state index in [2.05, 4.69) is 25.0 Å². The zero-order chi connectivity index (χ0) is 10.1. The van der Waals surface area contributed by atoms with Crippen LogP contribution in [-0.2, 0) is 9.22 Å². The molecule has 0 bridgehead atoms. The van der Waals surface area contributed by atoms with Crippen molar-refractivity contribution in [1.82, 2.24) is 5.32 Å². The quantitative estimate of drug-likeness (QED) is 0.661. The van der Waals surface area contributed by atoms with Gasteiger partial charge in [0, 0.05) is 6.54 Å². The molecule has 1 fully saturated rings. The summed E-state index contributed by atoms with van der Waals surface area (Å²) >= 11 is 0. The molecule has 0 amide bonds. The van der Waals surface area contributed by atoms with Crippen molar-refractivity contribution in [3.63, 3.8) is 0 Å². The lowest BCUT2D eigenvalue weighted by molar-refractivity contribution is -0.139. The monoisotopic (exact) mass is 203 g/mol. The smallest absolute Gasteiger partial charge is 0.320 e. The molecule has 4 nitrogen and oxygen atoms in total. The van der Waals surface area contributed by atoms with E-state index in [1.807, 2.05) is 0 Å². The van der Waals surface area contributed by atoms with E-state index < -0.39 is 20.3 Å². The van der Waals surface area contributed by atoms with Crippen LogP contribution >= 0.6 is 0 Å². The Labute approximate surface area is 79.4 Å². The van der Waals surface area contributed by atoms with E-state index in [9.17, 15) is 4.79 Å². The second kappa shape index (κ2) is 3.77. The summed E-state index contributed by atoms with van der Waals surface area (Å²) < 4.78 is 5.79. The van der Waals surface area contributed by atoms with Crippen LogP contribution in [0.15, 0.2) is 0 Å². The Morgan fingerprint density at radius 3 is 2.54 bits per heavy atom. The fourth-order valence-electron chi connectivity index (χ4n) is 1.48. The second-order valence-electron chi connectivity index (χ2n) is 4.39. The molecule has 0 radical (unpaired) electrons. The van der Waals surface area contributed by atoms with Crippen LogP contribution < -0.4 is 5.32 Å². The first-order valence-corrected chi connectivity index (χ1v) is 7.93. The molecule has 1 rings (SSSR count). The minimum atomic E-state index is -1.52. The van der Waals surface area contributed by atoms with Gasteiger partial charge in [-0.1, -0.05) is 0 Å². The number of rotatable bonds is 3. The van der Waals surface area contributed by atoms with Crippen molar-refractivity contribution < 1.29 is 14.3 Å². The average molecular weight is 203 g/mol. The van der Waals surface area contributed by atoms with Gasteiger partial charge in [-0.05, 0) is 26.1 Å². The van der Waals surface area contributed by atoms with Gasteiger partial charge < -0.3 is 14.8 Å². The summed E-state index contributed by atoms with van der Waals surface area (Å²) in [6, 6.07) is -0.415. The number of carboxylic acids is 1. The first kappa shape index (κ1) is 10.7. The average Bonchev–Trinajstić information content (AvgIpc) is 2.31. The summed E-state index contributed by atoms with van der Waals surface area (Å²) in [5, 5.41) is 11.6. The molecule has 13 heavy (non-hydrogen) atoms. The highest BCUT2D eigenvalue weighted by atomic mass is 28.4. The topological polar surface area (TPSA) is 58.6 Å². The first-order chi connectivity index (χ1) is 5.88. The van der Waals surface area contributed by atoms with E-state index in [-0.39, 0.29) is 6.10 Å². The lowest BCUT2D eigenvalue weighted by atomic mass is 10.2. The Bertz CT molecular complexity index is 202. The molecule has 0 saturated carbocycles. The van der Waals surface area contributed by atoms with Crippen LogP contribution in [0, 0.1) is 0 Å². The fourth-order valence-corrected chi connectivity index (χ4v) is 2.66. The predicted octanol–water partition coefficient (Wildman–Crippen LogP) is 0.653. The molecule has 2 N–H and O–H groups in total. The van der Waals surface area contributed by atoms with Gasteiger partial charge in [0.2, 0.25) is 0 Å². The number of hydrogen-bond donors (Lipinski definition) is 2. The van der Waals surface area contributed by atoms with Crippen LogP contribution in [-0.4, -0.2) is 38.1 Å². The van der Waals surface area contributed by atoms with E-state index >= 15 is 0 Å². The molecule has 5 heteroatoms.